The summed E-state index contributed by atoms with van der Waals surface area (Å²) in [6, 6.07) is 20.5. The van der Waals surface area contributed by atoms with Gasteiger partial charge in [-0.25, -0.2) is 12.7 Å². The van der Waals surface area contributed by atoms with Crippen molar-refractivity contribution in [3.05, 3.63) is 88.3 Å². The van der Waals surface area contributed by atoms with E-state index in [2.05, 4.69) is 50.9 Å². The van der Waals surface area contributed by atoms with Crippen LogP contribution < -0.4 is 16.2 Å². The maximum Gasteiger partial charge on any atom is 0.261 e. The van der Waals surface area contributed by atoms with E-state index in [0.717, 1.165) is 49.6 Å². The Kier molecular flexibility index (Phi) is 9.60. The predicted octanol–water partition coefficient (Wildman–Crippen LogP) is 3.86. The number of rotatable bonds is 11. The molecule has 3 aromatic rings. The number of nitriles is 1. The second kappa shape index (κ2) is 13.1. The van der Waals surface area contributed by atoms with Crippen LogP contribution in [0.15, 0.2) is 76.6 Å². The van der Waals surface area contributed by atoms with E-state index in [1.54, 1.807) is 18.2 Å². The number of pyridine rings is 1. The zero-order valence-electron chi connectivity index (χ0n) is 23.5. The molecule has 0 spiro atoms. The third kappa shape index (κ3) is 7.41. The summed E-state index contributed by atoms with van der Waals surface area (Å²) in [7, 11) is -0.660. The number of amidine groups is 1. The minimum absolute atomic E-state index is 0.125. The van der Waals surface area contributed by atoms with Crippen molar-refractivity contribution >= 4 is 27.2 Å². The highest BCUT2D eigenvalue weighted by molar-refractivity contribution is 7.89. The Bertz CT molecular complexity index is 1540. The van der Waals surface area contributed by atoms with Crippen LogP contribution in [-0.4, -0.2) is 67.7 Å². The van der Waals surface area contributed by atoms with Gasteiger partial charge in [0.15, 0.2) is 0 Å². The number of likely N-dealkylation sites (tertiary alicyclic amines) is 1. The molecule has 1 aromatic heterocycles. The number of piperidine rings is 1. The summed E-state index contributed by atoms with van der Waals surface area (Å²) < 4.78 is 25.9. The van der Waals surface area contributed by atoms with Gasteiger partial charge in [0.2, 0.25) is 10.0 Å². The molecule has 0 atom stereocenters. The molecule has 11 heteroatoms. The van der Waals surface area contributed by atoms with Gasteiger partial charge in [-0.1, -0.05) is 30.3 Å². The number of anilines is 2. The first-order valence-corrected chi connectivity index (χ1v) is 15.1. The molecule has 0 saturated carbocycles. The maximum absolute atomic E-state index is 12.9. The topological polar surface area (TPSA) is 145 Å². The molecule has 0 bridgehead atoms. The van der Waals surface area contributed by atoms with E-state index in [-0.39, 0.29) is 22.7 Å². The van der Waals surface area contributed by atoms with Crippen LogP contribution in [0.3, 0.4) is 0 Å². The van der Waals surface area contributed by atoms with E-state index in [0.29, 0.717) is 11.4 Å². The molecule has 2 aromatic carbocycles. The second-order valence-electron chi connectivity index (χ2n) is 10.6. The summed E-state index contributed by atoms with van der Waals surface area (Å²) in [5, 5.41) is 24.7. The van der Waals surface area contributed by atoms with E-state index in [4.69, 9.17) is 5.41 Å². The average Bonchev–Trinajstić information content (AvgIpc) is 2.95. The number of sulfonamides is 1. The Morgan fingerprint density at radius 1 is 1.10 bits per heavy atom. The van der Waals surface area contributed by atoms with E-state index in [9.17, 15) is 18.5 Å². The molecule has 2 heterocycles. The minimum Gasteiger partial charge on any atom is -0.378 e. The lowest BCUT2D eigenvalue weighted by Crippen LogP contribution is -2.49. The molecule has 0 amide bonds. The Labute approximate surface area is 241 Å². The minimum atomic E-state index is -3.58. The van der Waals surface area contributed by atoms with Crippen LogP contribution in [-0.2, 0) is 16.4 Å². The van der Waals surface area contributed by atoms with Crippen LogP contribution in [0, 0.1) is 16.7 Å². The average molecular weight is 576 g/mol. The molecule has 10 nitrogen and oxygen atoms in total. The normalized spacial score (nSPS) is 15.3. The second-order valence-corrected chi connectivity index (χ2v) is 12.7. The molecule has 216 valence electrons. The molecule has 4 N–H and O–H groups in total. The predicted molar refractivity (Wildman–Crippen MR) is 162 cm³/mol. The fourth-order valence-corrected chi connectivity index (χ4v) is 6.00. The lowest BCUT2D eigenvalue weighted by molar-refractivity contribution is 0.173. The van der Waals surface area contributed by atoms with Gasteiger partial charge in [-0.3, -0.25) is 10.2 Å². The Morgan fingerprint density at radius 3 is 2.41 bits per heavy atom. The highest BCUT2D eigenvalue weighted by atomic mass is 32.2. The van der Waals surface area contributed by atoms with E-state index in [1.807, 2.05) is 6.07 Å². The van der Waals surface area contributed by atoms with Crippen LogP contribution in [0.25, 0.3) is 0 Å². The summed E-state index contributed by atoms with van der Waals surface area (Å²) >= 11 is 0. The van der Waals surface area contributed by atoms with Crippen LogP contribution in [0.4, 0.5) is 11.4 Å². The van der Waals surface area contributed by atoms with Gasteiger partial charge in [0.05, 0.1) is 28.6 Å². The zero-order chi connectivity index (χ0) is 29.5. The molecule has 0 unspecified atom stereocenters. The van der Waals surface area contributed by atoms with Crippen molar-refractivity contribution in [1.29, 1.82) is 10.7 Å². The smallest absolute Gasteiger partial charge is 0.261 e. The van der Waals surface area contributed by atoms with Gasteiger partial charge in [-0.05, 0) is 68.1 Å². The summed E-state index contributed by atoms with van der Waals surface area (Å²) in [6.07, 6.45) is 5.37. The van der Waals surface area contributed by atoms with Crippen molar-refractivity contribution in [2.45, 2.75) is 42.5 Å². The number of hydrogen-bond donors (Lipinski definition) is 4. The molecule has 41 heavy (non-hydrogen) atoms. The number of hydrogen-bond acceptors (Lipinski definition) is 7. The quantitative estimate of drug-likeness (QED) is 0.201. The van der Waals surface area contributed by atoms with Crippen molar-refractivity contribution in [3.8, 4) is 6.07 Å². The van der Waals surface area contributed by atoms with E-state index < -0.39 is 21.1 Å². The first-order valence-electron chi connectivity index (χ1n) is 13.7. The molecule has 1 fully saturated rings. The van der Waals surface area contributed by atoms with Crippen LogP contribution >= 0.6 is 0 Å². The Balaban J connectivity index is 1.44. The molecular weight excluding hydrogens is 538 g/mol. The number of nitrogens with zero attached hydrogens (tertiary/aromatic N) is 3. The number of nitrogens with one attached hydrogen (secondary N) is 4. The Hall–Kier alpha value is -3.98. The summed E-state index contributed by atoms with van der Waals surface area (Å²) in [6.45, 7) is 2.65. The van der Waals surface area contributed by atoms with Crippen molar-refractivity contribution in [1.82, 2.24) is 14.2 Å². The van der Waals surface area contributed by atoms with Crippen LogP contribution in [0.1, 0.15) is 36.8 Å². The molecule has 0 aliphatic carbocycles. The fraction of sp³-hybridized carbons (Fsp3) is 0.367. The van der Waals surface area contributed by atoms with Gasteiger partial charge in [0.1, 0.15) is 11.4 Å². The first kappa shape index (κ1) is 30.0. The monoisotopic (exact) mass is 575 g/mol. The number of aromatic nitrogens is 1. The number of aryl methyl sites for hydroxylation is 1. The van der Waals surface area contributed by atoms with Gasteiger partial charge in [-0.15, -0.1) is 0 Å². The van der Waals surface area contributed by atoms with Gasteiger partial charge in [0, 0.05) is 39.1 Å². The lowest BCUT2D eigenvalue weighted by atomic mass is 9.84. The van der Waals surface area contributed by atoms with Gasteiger partial charge in [-0.2, -0.15) is 5.26 Å². The molecular formula is C30H37N7O3S. The molecule has 4 rings (SSSR count). The highest BCUT2D eigenvalue weighted by Gasteiger charge is 2.35. The number of benzene rings is 2. The summed E-state index contributed by atoms with van der Waals surface area (Å²) in [5.41, 5.74) is 1.45. The van der Waals surface area contributed by atoms with E-state index >= 15 is 0 Å². The first-order chi connectivity index (χ1) is 19.6. The third-order valence-electron chi connectivity index (χ3n) is 7.53. The number of H-pyrrole nitrogens is 1. The van der Waals surface area contributed by atoms with Crippen molar-refractivity contribution < 1.29 is 8.42 Å². The zero-order valence-corrected chi connectivity index (χ0v) is 24.3. The lowest BCUT2D eigenvalue weighted by Gasteiger charge is -2.42. The van der Waals surface area contributed by atoms with Crippen molar-refractivity contribution in [2.24, 2.45) is 0 Å². The maximum atomic E-state index is 12.9. The molecule has 1 aliphatic heterocycles. The molecule has 1 saturated heterocycles. The van der Waals surface area contributed by atoms with Crippen molar-refractivity contribution in [3.63, 3.8) is 0 Å². The third-order valence-corrected chi connectivity index (χ3v) is 9.36. The van der Waals surface area contributed by atoms with Crippen LogP contribution in [0.5, 0.6) is 0 Å². The SMILES string of the molecule is CN(C)S(=O)(=O)c1ccc(NC(=N)c2c(NC3(CC#N)CCN(CCCc4ccccc4)CC3)cc[nH]c2=O)cc1. The highest BCUT2D eigenvalue weighted by Crippen LogP contribution is 2.31. The van der Waals surface area contributed by atoms with Gasteiger partial charge < -0.3 is 20.5 Å². The molecule has 1 aliphatic rings. The summed E-state index contributed by atoms with van der Waals surface area (Å²) in [5.74, 6) is -0.136. The van der Waals surface area contributed by atoms with E-state index in [1.165, 1.54) is 38.0 Å². The standard InChI is InChI=1S/C30H37N7O3S/c1-36(2)41(39,40)25-12-10-24(11-13-25)34-28(32)27-26(14-19-33-29(27)38)35-30(15-18-31)16-21-37(22-17-30)20-6-9-23-7-4-3-5-8-23/h3-5,7-8,10-14,19H,6,9,15-17,20-22H2,1-2H3,(H2,32,34)(H2,33,35,38). The van der Waals surface area contributed by atoms with Crippen LogP contribution in [0.2, 0.25) is 0 Å². The van der Waals surface area contributed by atoms with Crippen molar-refractivity contribution in [2.75, 3.05) is 44.4 Å². The Morgan fingerprint density at radius 2 is 1.78 bits per heavy atom. The molecule has 0 radical (unpaired) electrons. The van der Waals surface area contributed by atoms with Gasteiger partial charge in [0.25, 0.3) is 5.56 Å². The summed E-state index contributed by atoms with van der Waals surface area (Å²) in [4.78, 5) is 18.1. The van der Waals surface area contributed by atoms with Gasteiger partial charge >= 0.3 is 0 Å². The number of aromatic amines is 1. The largest absolute Gasteiger partial charge is 0.378 e. The fourth-order valence-electron chi connectivity index (χ4n) is 5.10.